The van der Waals surface area contributed by atoms with Crippen molar-refractivity contribution in [2.24, 2.45) is 0 Å². The van der Waals surface area contributed by atoms with Crippen molar-refractivity contribution < 1.29 is 9.00 Å². The van der Waals surface area contributed by atoms with Crippen LogP contribution in [0.4, 0.5) is 0 Å². The van der Waals surface area contributed by atoms with Crippen molar-refractivity contribution >= 4 is 28.5 Å². The molecule has 0 heterocycles. The average Bonchev–Trinajstić information content (AvgIpc) is 2.56. The van der Waals surface area contributed by atoms with Gasteiger partial charge in [-0.2, -0.15) is 11.8 Å². The fraction of sp³-hybridized carbons (Fsp3) is 0.278. The molecule has 0 saturated carbocycles. The summed E-state index contributed by atoms with van der Waals surface area (Å²) in [5, 5.41) is 2.91. The minimum absolute atomic E-state index is 0.0885. The van der Waals surface area contributed by atoms with Crippen molar-refractivity contribution in [3.8, 4) is 0 Å². The summed E-state index contributed by atoms with van der Waals surface area (Å²) in [6.07, 6.45) is 1.63. The van der Waals surface area contributed by atoms with E-state index in [-0.39, 0.29) is 5.91 Å². The van der Waals surface area contributed by atoms with Gasteiger partial charge in [0.05, 0.1) is 0 Å². The number of hydrogen-bond acceptors (Lipinski definition) is 3. The third kappa shape index (κ3) is 5.84. The lowest BCUT2D eigenvalue weighted by Gasteiger charge is -2.06. The van der Waals surface area contributed by atoms with Crippen LogP contribution in [-0.4, -0.2) is 28.7 Å². The largest absolute Gasteiger partial charge is 0.351 e. The number of carbonyl (C=O) groups excluding carboxylic acids is 1. The Hall–Kier alpha value is -1.59. The molecule has 0 spiro atoms. The molecular formula is C18H21NO2S2. The standard InChI is InChI=1S/C18H21NO2S2/c1-14-3-5-15(6-4-14)13-22-12-11-19-18(20)16-7-9-17(10-8-16)23(2)21/h3-10H,11-13H2,1-2H3,(H,19,20). The molecule has 0 aliphatic carbocycles. The van der Waals surface area contributed by atoms with Crippen molar-refractivity contribution in [3.63, 3.8) is 0 Å². The summed E-state index contributed by atoms with van der Waals surface area (Å²) in [5.41, 5.74) is 3.17. The van der Waals surface area contributed by atoms with Crippen LogP contribution in [-0.2, 0) is 16.6 Å². The van der Waals surface area contributed by atoms with Gasteiger partial charge in [-0.3, -0.25) is 9.00 Å². The number of aryl methyl sites for hydroxylation is 1. The van der Waals surface area contributed by atoms with Gasteiger partial charge in [-0.15, -0.1) is 0 Å². The maximum absolute atomic E-state index is 12.0. The Morgan fingerprint density at radius 1 is 1.09 bits per heavy atom. The number of carbonyl (C=O) groups is 1. The Bertz CT molecular complexity index is 666. The lowest BCUT2D eigenvalue weighted by Crippen LogP contribution is -2.25. The Balaban J connectivity index is 1.70. The van der Waals surface area contributed by atoms with Crippen molar-refractivity contribution in [1.82, 2.24) is 5.32 Å². The van der Waals surface area contributed by atoms with Gasteiger partial charge in [-0.05, 0) is 36.8 Å². The van der Waals surface area contributed by atoms with Gasteiger partial charge < -0.3 is 5.32 Å². The van der Waals surface area contributed by atoms with E-state index in [4.69, 9.17) is 0 Å². The highest BCUT2D eigenvalue weighted by Gasteiger charge is 2.05. The summed E-state index contributed by atoms with van der Waals surface area (Å²) in [4.78, 5) is 12.7. The molecular weight excluding hydrogens is 326 g/mol. The van der Waals surface area contributed by atoms with Gasteiger partial charge in [0.1, 0.15) is 0 Å². The molecule has 2 rings (SSSR count). The van der Waals surface area contributed by atoms with Crippen LogP contribution in [0.25, 0.3) is 0 Å². The molecule has 1 amide bonds. The summed E-state index contributed by atoms with van der Waals surface area (Å²) in [6, 6.07) is 15.4. The SMILES string of the molecule is Cc1ccc(CSCCNC(=O)c2ccc(S(C)=O)cc2)cc1. The molecule has 5 heteroatoms. The summed E-state index contributed by atoms with van der Waals surface area (Å²) in [7, 11) is -1.01. The smallest absolute Gasteiger partial charge is 0.251 e. The molecule has 0 aromatic heterocycles. The van der Waals surface area contributed by atoms with Crippen LogP contribution in [0.3, 0.4) is 0 Å². The predicted octanol–water partition coefficient (Wildman–Crippen LogP) is 3.40. The maximum Gasteiger partial charge on any atom is 0.251 e. The van der Waals surface area contributed by atoms with Gasteiger partial charge in [-0.25, -0.2) is 0 Å². The number of thioether (sulfide) groups is 1. The van der Waals surface area contributed by atoms with Crippen LogP contribution < -0.4 is 5.32 Å². The van der Waals surface area contributed by atoms with Crippen LogP contribution in [0, 0.1) is 6.92 Å². The molecule has 0 fully saturated rings. The van der Waals surface area contributed by atoms with Gasteiger partial charge in [0, 0.05) is 45.6 Å². The molecule has 0 radical (unpaired) electrons. The molecule has 0 bridgehead atoms. The number of benzene rings is 2. The Morgan fingerprint density at radius 2 is 1.74 bits per heavy atom. The second-order valence-electron chi connectivity index (χ2n) is 5.27. The van der Waals surface area contributed by atoms with Crippen LogP contribution in [0.5, 0.6) is 0 Å². The van der Waals surface area contributed by atoms with Gasteiger partial charge in [0.25, 0.3) is 5.91 Å². The molecule has 1 unspecified atom stereocenters. The van der Waals surface area contributed by atoms with Crippen molar-refractivity contribution in [2.45, 2.75) is 17.6 Å². The summed E-state index contributed by atoms with van der Waals surface area (Å²) in [6.45, 7) is 2.72. The van der Waals surface area contributed by atoms with Crippen LogP contribution in [0.1, 0.15) is 21.5 Å². The zero-order valence-electron chi connectivity index (χ0n) is 13.4. The normalized spacial score (nSPS) is 11.9. The van der Waals surface area contributed by atoms with Crippen LogP contribution in [0.2, 0.25) is 0 Å². The zero-order chi connectivity index (χ0) is 16.7. The average molecular weight is 348 g/mol. The second kappa shape index (κ2) is 8.89. The van der Waals surface area contributed by atoms with Crippen LogP contribution in [0.15, 0.2) is 53.4 Å². The molecule has 3 nitrogen and oxygen atoms in total. The van der Waals surface area contributed by atoms with Crippen molar-refractivity contribution in [2.75, 3.05) is 18.6 Å². The van der Waals surface area contributed by atoms with E-state index in [1.165, 1.54) is 11.1 Å². The van der Waals surface area contributed by atoms with E-state index in [0.717, 1.165) is 16.4 Å². The molecule has 0 aliphatic heterocycles. The monoisotopic (exact) mass is 347 g/mol. The molecule has 2 aromatic carbocycles. The Labute approximate surface area is 144 Å². The number of amides is 1. The fourth-order valence-electron chi connectivity index (χ4n) is 2.01. The van der Waals surface area contributed by atoms with Gasteiger partial charge in [0.15, 0.2) is 0 Å². The van der Waals surface area contributed by atoms with E-state index in [0.29, 0.717) is 12.1 Å². The van der Waals surface area contributed by atoms with Crippen LogP contribution >= 0.6 is 11.8 Å². The van der Waals surface area contributed by atoms with Crippen molar-refractivity contribution in [1.29, 1.82) is 0 Å². The van der Waals surface area contributed by atoms with E-state index in [1.807, 2.05) is 0 Å². The molecule has 2 aromatic rings. The summed E-state index contributed by atoms with van der Waals surface area (Å²) >= 11 is 1.80. The molecule has 1 N–H and O–H groups in total. The quantitative estimate of drug-likeness (QED) is 0.781. The highest BCUT2D eigenvalue weighted by molar-refractivity contribution is 7.98. The molecule has 23 heavy (non-hydrogen) atoms. The highest BCUT2D eigenvalue weighted by atomic mass is 32.2. The summed E-state index contributed by atoms with van der Waals surface area (Å²) < 4.78 is 11.3. The highest BCUT2D eigenvalue weighted by Crippen LogP contribution is 2.12. The lowest BCUT2D eigenvalue weighted by atomic mass is 10.2. The number of hydrogen-bond donors (Lipinski definition) is 1. The Kier molecular flexibility index (Phi) is 6.86. The molecule has 122 valence electrons. The minimum atomic E-state index is -1.01. The first-order valence-corrected chi connectivity index (χ1v) is 10.1. The minimum Gasteiger partial charge on any atom is -0.351 e. The van der Waals surface area contributed by atoms with E-state index < -0.39 is 10.8 Å². The van der Waals surface area contributed by atoms with Gasteiger partial charge in [-0.1, -0.05) is 29.8 Å². The molecule has 0 saturated heterocycles. The Morgan fingerprint density at radius 3 is 2.35 bits per heavy atom. The van der Waals surface area contributed by atoms with E-state index in [2.05, 4.69) is 36.5 Å². The third-order valence-electron chi connectivity index (χ3n) is 3.37. The first-order chi connectivity index (χ1) is 11.1. The van der Waals surface area contributed by atoms with E-state index in [1.54, 1.807) is 42.3 Å². The second-order valence-corrected chi connectivity index (χ2v) is 7.76. The number of nitrogens with one attached hydrogen (secondary N) is 1. The molecule has 0 aliphatic rings. The number of rotatable bonds is 7. The van der Waals surface area contributed by atoms with Gasteiger partial charge in [0.2, 0.25) is 0 Å². The fourth-order valence-corrected chi connectivity index (χ4v) is 3.35. The predicted molar refractivity (Wildman–Crippen MR) is 98.4 cm³/mol. The lowest BCUT2D eigenvalue weighted by molar-refractivity contribution is 0.0956. The van der Waals surface area contributed by atoms with Crippen molar-refractivity contribution in [3.05, 3.63) is 65.2 Å². The molecule has 1 atom stereocenters. The maximum atomic E-state index is 12.0. The first-order valence-electron chi connectivity index (χ1n) is 7.41. The first kappa shape index (κ1) is 17.8. The summed E-state index contributed by atoms with van der Waals surface area (Å²) in [5.74, 6) is 1.73. The topological polar surface area (TPSA) is 46.2 Å². The van der Waals surface area contributed by atoms with E-state index >= 15 is 0 Å². The zero-order valence-corrected chi connectivity index (χ0v) is 15.0. The van der Waals surface area contributed by atoms with E-state index in [9.17, 15) is 9.00 Å². The van der Waals surface area contributed by atoms with Gasteiger partial charge >= 0.3 is 0 Å². The third-order valence-corrected chi connectivity index (χ3v) is 5.34.